The van der Waals surface area contributed by atoms with Gasteiger partial charge in [-0.05, 0) is 37.7 Å². The molecule has 0 atom stereocenters. The van der Waals surface area contributed by atoms with Crippen molar-refractivity contribution in [2.75, 3.05) is 20.1 Å². The van der Waals surface area contributed by atoms with E-state index in [9.17, 15) is 0 Å². The molecule has 1 nitrogen and oxygen atoms in total. The Morgan fingerprint density at radius 2 is 1.14 bits per heavy atom. The third-order valence-electron chi connectivity index (χ3n) is 4.06. The molecule has 0 saturated carbocycles. The molecule has 22 heavy (non-hydrogen) atoms. The Morgan fingerprint density at radius 1 is 0.727 bits per heavy atom. The molecule has 0 N–H and O–H groups in total. The lowest BCUT2D eigenvalue weighted by Crippen LogP contribution is -2.15. The minimum Gasteiger partial charge on any atom is -0.307 e. The van der Waals surface area contributed by atoms with Crippen LogP contribution < -0.4 is 0 Å². The van der Waals surface area contributed by atoms with E-state index in [0.717, 1.165) is 13.1 Å². The van der Waals surface area contributed by atoms with Gasteiger partial charge in [-0.25, -0.2) is 0 Å². The number of nitrogens with zero attached hydrogens (tertiary/aromatic N) is 1. The van der Waals surface area contributed by atoms with Crippen LogP contribution in [-0.4, -0.2) is 25.0 Å². The van der Waals surface area contributed by atoms with E-state index in [0.29, 0.717) is 5.92 Å². The summed E-state index contributed by atoms with van der Waals surface area (Å²) < 4.78 is 0. The minimum absolute atomic E-state index is 0.549. The Hall–Kier alpha value is -1.60. The molecule has 120 valence electrons. The van der Waals surface area contributed by atoms with Gasteiger partial charge in [0.1, 0.15) is 0 Å². The van der Waals surface area contributed by atoms with Gasteiger partial charge in [-0.15, -0.1) is 0 Å². The first-order valence-electron chi connectivity index (χ1n) is 8.51. The van der Waals surface area contributed by atoms with Crippen molar-refractivity contribution in [2.24, 2.45) is 0 Å². The Kier molecular flexibility index (Phi) is 9.25. The third-order valence-corrected chi connectivity index (χ3v) is 4.06. The van der Waals surface area contributed by atoms with Crippen LogP contribution >= 0.6 is 0 Å². The molecule has 0 bridgehead atoms. The first-order valence-corrected chi connectivity index (χ1v) is 8.51. The second kappa shape index (κ2) is 11.0. The highest BCUT2D eigenvalue weighted by Gasteiger charge is 2.11. The first kappa shape index (κ1) is 18.4. The predicted octanol–water partition coefficient (Wildman–Crippen LogP) is 5.58. The molecular weight excluding hydrogens is 266 g/mol. The fraction of sp³-hybridized carbons (Fsp3) is 0.429. The predicted molar refractivity (Wildman–Crippen MR) is 98.5 cm³/mol. The molecule has 0 aromatic heterocycles. The van der Waals surface area contributed by atoms with Crippen molar-refractivity contribution in [1.29, 1.82) is 0 Å². The summed E-state index contributed by atoms with van der Waals surface area (Å²) in [5.41, 5.74) is 2.85. The van der Waals surface area contributed by atoms with Crippen molar-refractivity contribution in [3.05, 3.63) is 71.8 Å². The summed E-state index contributed by atoms with van der Waals surface area (Å²) in [6, 6.07) is 21.6. The molecule has 0 amide bonds. The lowest BCUT2D eigenvalue weighted by molar-refractivity contribution is 0.373. The average Bonchev–Trinajstić information content (AvgIpc) is 2.61. The quantitative estimate of drug-likeness (QED) is 0.673. The fourth-order valence-corrected chi connectivity index (χ4v) is 2.41. The van der Waals surface area contributed by atoms with Crippen molar-refractivity contribution in [1.82, 2.24) is 4.90 Å². The van der Waals surface area contributed by atoms with Crippen LogP contribution in [0.3, 0.4) is 0 Å². The minimum atomic E-state index is 0.549. The van der Waals surface area contributed by atoms with Gasteiger partial charge < -0.3 is 4.90 Å². The molecule has 0 unspecified atom stereocenters. The van der Waals surface area contributed by atoms with Gasteiger partial charge in [-0.2, -0.15) is 0 Å². The summed E-state index contributed by atoms with van der Waals surface area (Å²) in [5.74, 6) is 0.549. The van der Waals surface area contributed by atoms with Crippen LogP contribution in [0.4, 0.5) is 0 Å². The van der Waals surface area contributed by atoms with Gasteiger partial charge >= 0.3 is 0 Å². The average molecular weight is 297 g/mol. The molecule has 0 fully saturated rings. The van der Waals surface area contributed by atoms with Crippen molar-refractivity contribution < 1.29 is 0 Å². The van der Waals surface area contributed by atoms with Gasteiger partial charge in [0.2, 0.25) is 0 Å². The highest BCUT2D eigenvalue weighted by molar-refractivity contribution is 5.32. The van der Waals surface area contributed by atoms with Gasteiger partial charge in [0.15, 0.2) is 0 Å². The number of rotatable bonds is 6. The molecular formula is C21H31N. The second-order valence-corrected chi connectivity index (χ2v) is 5.65. The van der Waals surface area contributed by atoms with Gasteiger partial charge in [0.25, 0.3) is 0 Å². The normalized spacial score (nSPS) is 10.5. The van der Waals surface area contributed by atoms with E-state index in [2.05, 4.69) is 93.4 Å². The highest BCUT2D eigenvalue weighted by Crippen LogP contribution is 2.28. The molecule has 0 heterocycles. The first-order chi connectivity index (χ1) is 10.7. The van der Waals surface area contributed by atoms with Crippen molar-refractivity contribution in [3.63, 3.8) is 0 Å². The summed E-state index contributed by atoms with van der Waals surface area (Å²) in [4.78, 5) is 2.25. The van der Waals surface area contributed by atoms with E-state index in [1.807, 2.05) is 0 Å². The number of benzene rings is 2. The summed E-state index contributed by atoms with van der Waals surface area (Å²) in [5, 5.41) is 0. The SMILES string of the molecule is CCCC(c1ccccc1)c1ccccc1.CCN(C)CC. The molecule has 0 aliphatic rings. The van der Waals surface area contributed by atoms with Crippen LogP contribution in [0.2, 0.25) is 0 Å². The van der Waals surface area contributed by atoms with E-state index in [4.69, 9.17) is 0 Å². The number of hydrogen-bond acceptors (Lipinski definition) is 1. The molecule has 0 aliphatic carbocycles. The maximum atomic E-state index is 2.25. The van der Waals surface area contributed by atoms with Crippen LogP contribution in [0.5, 0.6) is 0 Å². The van der Waals surface area contributed by atoms with Gasteiger partial charge in [0, 0.05) is 5.92 Å². The maximum Gasteiger partial charge on any atom is 0.00892 e. The second-order valence-electron chi connectivity index (χ2n) is 5.65. The Labute approximate surface area is 137 Å². The summed E-state index contributed by atoms with van der Waals surface area (Å²) in [7, 11) is 2.11. The topological polar surface area (TPSA) is 3.24 Å². The largest absolute Gasteiger partial charge is 0.307 e. The zero-order chi connectivity index (χ0) is 16.2. The Balaban J connectivity index is 0.000000346. The Bertz CT molecular complexity index is 434. The molecule has 2 rings (SSSR count). The maximum absolute atomic E-state index is 2.25. The lowest BCUT2D eigenvalue weighted by Gasteiger charge is -2.17. The summed E-state index contributed by atoms with van der Waals surface area (Å²) >= 11 is 0. The van der Waals surface area contributed by atoms with Gasteiger partial charge in [-0.1, -0.05) is 87.9 Å². The van der Waals surface area contributed by atoms with E-state index in [1.165, 1.54) is 24.0 Å². The molecule has 0 spiro atoms. The van der Waals surface area contributed by atoms with E-state index < -0.39 is 0 Å². The molecule has 2 aromatic rings. The van der Waals surface area contributed by atoms with Gasteiger partial charge in [-0.3, -0.25) is 0 Å². The van der Waals surface area contributed by atoms with Crippen molar-refractivity contribution >= 4 is 0 Å². The van der Waals surface area contributed by atoms with Crippen molar-refractivity contribution in [2.45, 2.75) is 39.5 Å². The number of hydrogen-bond donors (Lipinski definition) is 0. The smallest absolute Gasteiger partial charge is 0.00892 e. The van der Waals surface area contributed by atoms with E-state index in [1.54, 1.807) is 0 Å². The van der Waals surface area contributed by atoms with Crippen molar-refractivity contribution in [3.8, 4) is 0 Å². The molecule has 0 radical (unpaired) electrons. The van der Waals surface area contributed by atoms with Crippen LogP contribution in [-0.2, 0) is 0 Å². The Morgan fingerprint density at radius 3 is 1.41 bits per heavy atom. The summed E-state index contributed by atoms with van der Waals surface area (Å²) in [6.45, 7) is 8.89. The van der Waals surface area contributed by atoms with Crippen LogP contribution in [0.25, 0.3) is 0 Å². The molecule has 2 aromatic carbocycles. The summed E-state index contributed by atoms with van der Waals surface area (Å²) in [6.07, 6.45) is 2.43. The zero-order valence-electron chi connectivity index (χ0n) is 14.6. The molecule has 0 aliphatic heterocycles. The van der Waals surface area contributed by atoms with Crippen LogP contribution in [0, 0.1) is 0 Å². The van der Waals surface area contributed by atoms with E-state index in [-0.39, 0.29) is 0 Å². The fourth-order valence-electron chi connectivity index (χ4n) is 2.41. The van der Waals surface area contributed by atoms with E-state index >= 15 is 0 Å². The monoisotopic (exact) mass is 297 g/mol. The third kappa shape index (κ3) is 6.44. The van der Waals surface area contributed by atoms with Gasteiger partial charge in [0.05, 0.1) is 0 Å². The molecule has 0 saturated heterocycles. The van der Waals surface area contributed by atoms with Crippen LogP contribution in [0.15, 0.2) is 60.7 Å². The zero-order valence-corrected chi connectivity index (χ0v) is 14.6. The highest BCUT2D eigenvalue weighted by atomic mass is 15.1. The lowest BCUT2D eigenvalue weighted by atomic mass is 9.88. The standard InChI is InChI=1S/C16H18.C5H13N/c1-2-9-16(14-10-5-3-6-11-14)15-12-7-4-8-13-15;1-4-6(3)5-2/h3-8,10-13,16H,2,9H2,1H3;4-5H2,1-3H3. The van der Waals surface area contributed by atoms with Crippen LogP contribution in [0.1, 0.15) is 50.7 Å². The molecule has 1 heteroatoms.